The number of fused-ring (bicyclic) bond motifs is 1. The first kappa shape index (κ1) is 31.0. The molecule has 1 unspecified atom stereocenters. The Kier molecular flexibility index (Phi) is 9.59. The Hall–Kier alpha value is -4.04. The van der Waals surface area contributed by atoms with Crippen LogP contribution in [-0.4, -0.2) is 76.6 Å². The molecule has 5 aromatic rings. The van der Waals surface area contributed by atoms with Gasteiger partial charge in [-0.15, -0.1) is 15.6 Å². The van der Waals surface area contributed by atoms with Gasteiger partial charge in [0.25, 0.3) is 0 Å². The Bertz CT molecular complexity index is 1820. The molecule has 0 spiro atoms. The molecule has 1 fully saturated rings. The number of benzene rings is 2. The van der Waals surface area contributed by atoms with Crippen LogP contribution in [0.25, 0.3) is 22.4 Å². The van der Waals surface area contributed by atoms with Gasteiger partial charge in [-0.1, -0.05) is 11.8 Å². The van der Waals surface area contributed by atoms with E-state index in [4.69, 9.17) is 28.9 Å². The zero-order chi connectivity index (χ0) is 31.3. The van der Waals surface area contributed by atoms with Gasteiger partial charge in [0.1, 0.15) is 29.4 Å². The van der Waals surface area contributed by atoms with Crippen LogP contribution in [0.1, 0.15) is 11.3 Å². The quantitative estimate of drug-likeness (QED) is 0.0752. The summed E-state index contributed by atoms with van der Waals surface area (Å²) in [5.74, 6) is 2.18. The summed E-state index contributed by atoms with van der Waals surface area (Å²) in [5, 5.41) is 17.3. The molecule has 0 amide bonds. The SMILES string of the molecule is C=Nn1cc(-c2cc3c(OCc4csc(N5CCN([S+]([O-])c6ccc(C#N)cc6)CC5)n4)cc(OC)cc3o2)nc1SCOC. The normalized spacial score (nSPS) is 14.4. The van der Waals surface area contributed by atoms with Gasteiger partial charge in [-0.2, -0.15) is 10.4 Å². The molecule has 1 aliphatic rings. The molecule has 0 radical (unpaired) electrons. The van der Waals surface area contributed by atoms with Crippen molar-refractivity contribution in [2.45, 2.75) is 16.7 Å². The zero-order valence-electron chi connectivity index (χ0n) is 24.5. The number of nitrogens with zero attached hydrogens (tertiary/aromatic N) is 7. The number of aromatic nitrogens is 3. The van der Waals surface area contributed by atoms with Crippen molar-refractivity contribution < 1.29 is 23.2 Å². The summed E-state index contributed by atoms with van der Waals surface area (Å²) < 4.78 is 39.6. The van der Waals surface area contributed by atoms with E-state index in [0.29, 0.717) is 76.3 Å². The molecule has 3 aromatic heterocycles. The molecule has 0 aliphatic carbocycles. The number of furan rings is 1. The summed E-state index contributed by atoms with van der Waals surface area (Å²) in [4.78, 5) is 12.3. The lowest BCUT2D eigenvalue weighted by molar-refractivity contribution is 0.258. The topological polar surface area (TPSA) is 137 Å². The summed E-state index contributed by atoms with van der Waals surface area (Å²) in [6, 6.07) is 14.5. The van der Waals surface area contributed by atoms with E-state index in [2.05, 4.69) is 27.8 Å². The fourth-order valence-electron chi connectivity index (χ4n) is 4.73. The Labute approximate surface area is 271 Å². The molecule has 232 valence electrons. The summed E-state index contributed by atoms with van der Waals surface area (Å²) >= 11 is 1.68. The van der Waals surface area contributed by atoms with Gasteiger partial charge in [0.05, 0.1) is 66.4 Å². The largest absolute Gasteiger partial charge is 0.593 e. The molecular weight excluding hydrogens is 635 g/mol. The van der Waals surface area contributed by atoms with Crippen LogP contribution in [0.3, 0.4) is 0 Å². The number of thioether (sulfide) groups is 1. The number of rotatable bonds is 12. The molecule has 0 N–H and O–H groups in total. The number of anilines is 1. The molecule has 0 saturated carbocycles. The monoisotopic (exact) mass is 663 g/mol. The molecule has 1 aliphatic heterocycles. The number of piperazine rings is 1. The first-order chi connectivity index (χ1) is 22.0. The molecule has 45 heavy (non-hydrogen) atoms. The summed E-state index contributed by atoms with van der Waals surface area (Å²) in [6.07, 6.45) is 1.75. The second-order valence-electron chi connectivity index (χ2n) is 9.81. The van der Waals surface area contributed by atoms with E-state index >= 15 is 0 Å². The average molecular weight is 664 g/mol. The molecule has 12 nitrogen and oxygen atoms in total. The Morgan fingerprint density at radius 1 is 1.16 bits per heavy atom. The maximum Gasteiger partial charge on any atom is 0.191 e. The average Bonchev–Trinajstić information content (AvgIpc) is 3.84. The van der Waals surface area contributed by atoms with Crippen LogP contribution < -0.4 is 14.4 Å². The van der Waals surface area contributed by atoms with Crippen molar-refractivity contribution in [1.82, 2.24) is 18.9 Å². The van der Waals surface area contributed by atoms with Gasteiger partial charge >= 0.3 is 0 Å². The highest BCUT2D eigenvalue weighted by Crippen LogP contribution is 2.38. The van der Waals surface area contributed by atoms with Crippen molar-refractivity contribution in [3.8, 4) is 29.0 Å². The number of hydrogen-bond acceptors (Lipinski definition) is 13. The van der Waals surface area contributed by atoms with Gasteiger partial charge in [-0.25, -0.2) is 14.6 Å². The van der Waals surface area contributed by atoms with Crippen LogP contribution in [-0.2, 0) is 22.7 Å². The lowest BCUT2D eigenvalue weighted by Crippen LogP contribution is -2.48. The van der Waals surface area contributed by atoms with E-state index in [-0.39, 0.29) is 6.61 Å². The Morgan fingerprint density at radius 3 is 2.67 bits per heavy atom. The van der Waals surface area contributed by atoms with Crippen molar-refractivity contribution in [2.24, 2.45) is 5.10 Å². The van der Waals surface area contributed by atoms with Gasteiger partial charge in [0.15, 0.2) is 20.9 Å². The van der Waals surface area contributed by atoms with E-state index < -0.39 is 11.4 Å². The molecule has 2 aromatic carbocycles. The van der Waals surface area contributed by atoms with Crippen molar-refractivity contribution in [3.05, 3.63) is 65.3 Å². The smallest absolute Gasteiger partial charge is 0.191 e. The van der Waals surface area contributed by atoms with E-state index in [9.17, 15) is 4.55 Å². The summed E-state index contributed by atoms with van der Waals surface area (Å²) in [7, 11) is 3.22. The Morgan fingerprint density at radius 2 is 1.96 bits per heavy atom. The van der Waals surface area contributed by atoms with Crippen molar-refractivity contribution >= 4 is 57.3 Å². The minimum absolute atomic E-state index is 0.259. The van der Waals surface area contributed by atoms with Crippen LogP contribution in [0, 0.1) is 11.3 Å². The standard InChI is InChI=1S/C30H29N7O5S3/c1-32-37-16-25(34-30(37)44-19-39-2)28-14-24-26(12-22(40-3)13-27(24)42-28)41-17-21-18-43-29(33-21)35-8-10-36(11-9-35)45(38)23-6-4-20(15-31)5-7-23/h4-7,12-14,16,18H,1,8-11,17,19H2,2-3H3. The van der Waals surface area contributed by atoms with E-state index in [0.717, 1.165) is 16.2 Å². The highest BCUT2D eigenvalue weighted by molar-refractivity contribution is 7.99. The second-order valence-corrected chi connectivity index (χ2v) is 13.0. The highest BCUT2D eigenvalue weighted by Gasteiger charge is 2.28. The fraction of sp³-hybridized carbons (Fsp3) is 0.267. The third-order valence-electron chi connectivity index (χ3n) is 7.02. The predicted molar refractivity (Wildman–Crippen MR) is 174 cm³/mol. The number of thiazole rings is 1. The molecule has 1 saturated heterocycles. The number of imidazole rings is 1. The molecule has 1 atom stereocenters. The minimum Gasteiger partial charge on any atom is -0.593 e. The molecule has 4 heterocycles. The van der Waals surface area contributed by atoms with Crippen LogP contribution in [0.5, 0.6) is 11.5 Å². The second kappa shape index (κ2) is 13.9. The van der Waals surface area contributed by atoms with E-state index in [1.807, 2.05) is 27.9 Å². The van der Waals surface area contributed by atoms with Gasteiger partial charge in [-0.3, -0.25) is 0 Å². The van der Waals surface area contributed by atoms with Gasteiger partial charge in [0.2, 0.25) is 0 Å². The fourth-order valence-corrected chi connectivity index (χ4v) is 7.38. The predicted octanol–water partition coefficient (Wildman–Crippen LogP) is 5.22. The lowest BCUT2D eigenvalue weighted by atomic mass is 10.2. The first-order valence-corrected chi connectivity index (χ1v) is 16.8. The lowest BCUT2D eigenvalue weighted by Gasteiger charge is -2.33. The number of ether oxygens (including phenoxy) is 3. The zero-order valence-corrected chi connectivity index (χ0v) is 27.0. The molecule has 6 rings (SSSR count). The molecular formula is C30H29N7O5S3. The minimum atomic E-state index is -1.27. The van der Waals surface area contributed by atoms with Gasteiger partial charge < -0.3 is 28.1 Å². The highest BCUT2D eigenvalue weighted by atomic mass is 32.2. The van der Waals surface area contributed by atoms with Crippen LogP contribution in [0.15, 0.2) is 73.6 Å². The number of hydrogen-bond donors (Lipinski definition) is 0. The van der Waals surface area contributed by atoms with Gasteiger partial charge in [0, 0.05) is 44.4 Å². The Balaban J connectivity index is 1.12. The van der Waals surface area contributed by atoms with Crippen LogP contribution in [0.4, 0.5) is 5.13 Å². The third kappa shape index (κ3) is 6.81. The maximum absolute atomic E-state index is 13.0. The van der Waals surface area contributed by atoms with Crippen LogP contribution >= 0.6 is 23.1 Å². The maximum atomic E-state index is 13.0. The number of methoxy groups -OCH3 is 2. The van der Waals surface area contributed by atoms with Crippen LogP contribution in [0.2, 0.25) is 0 Å². The summed E-state index contributed by atoms with van der Waals surface area (Å²) in [5.41, 5.74) is 2.55. The van der Waals surface area contributed by atoms with Crippen molar-refractivity contribution in [3.63, 3.8) is 0 Å². The third-order valence-corrected chi connectivity index (χ3v) is 10.4. The molecule has 15 heteroatoms. The summed E-state index contributed by atoms with van der Waals surface area (Å²) in [6.45, 7) is 6.55. The number of nitriles is 1. The van der Waals surface area contributed by atoms with Crippen molar-refractivity contribution in [1.29, 1.82) is 5.26 Å². The van der Waals surface area contributed by atoms with Crippen molar-refractivity contribution in [2.75, 3.05) is 51.2 Å². The van der Waals surface area contributed by atoms with Gasteiger partial charge in [-0.05, 0) is 30.3 Å². The first-order valence-electron chi connectivity index (χ1n) is 13.8. The van der Waals surface area contributed by atoms with E-state index in [1.54, 1.807) is 60.7 Å². The molecule has 0 bridgehead atoms. The van der Waals surface area contributed by atoms with E-state index in [1.165, 1.54) is 11.8 Å².